The van der Waals surface area contributed by atoms with Gasteiger partial charge < -0.3 is 19.7 Å². The number of rotatable bonds is 12. The summed E-state index contributed by atoms with van der Waals surface area (Å²) < 4.78 is 11.9. The largest absolute Gasteiger partial charge is 0.493 e. The number of hydrogen-bond acceptors (Lipinski definition) is 4. The second-order valence-corrected chi connectivity index (χ2v) is 14.3. The van der Waals surface area contributed by atoms with Crippen LogP contribution in [0.2, 0.25) is 0 Å². The molecule has 270 valence electrons. The van der Waals surface area contributed by atoms with Crippen LogP contribution >= 0.6 is 0 Å². The Kier molecular flexibility index (Phi) is 9.37. The Morgan fingerprint density at radius 2 is 0.800 bits per heavy atom. The second-order valence-electron chi connectivity index (χ2n) is 14.3. The van der Waals surface area contributed by atoms with E-state index in [0.717, 1.165) is 33.0 Å². The zero-order valence-corrected chi connectivity index (χ0v) is 30.6. The molecule has 4 nitrogen and oxygen atoms in total. The van der Waals surface area contributed by atoms with Gasteiger partial charge in [-0.05, 0) is 126 Å². The Bertz CT molecular complexity index is 2450. The first-order chi connectivity index (χ1) is 27.1. The molecule has 1 aliphatic rings. The van der Waals surface area contributed by atoms with E-state index in [1.807, 2.05) is 12.1 Å². The minimum atomic E-state index is -0.658. The molecule has 0 atom stereocenters. The Hall–Kier alpha value is -6.20. The van der Waals surface area contributed by atoms with Crippen molar-refractivity contribution in [2.75, 3.05) is 26.4 Å². The molecule has 0 aliphatic heterocycles. The summed E-state index contributed by atoms with van der Waals surface area (Å²) in [6, 6.07) is 61.6. The number of fused-ring (bicyclic) bond motifs is 5. The number of hydrogen-bond donors (Lipinski definition) is 2. The lowest BCUT2D eigenvalue weighted by atomic mass is 9.66. The van der Waals surface area contributed by atoms with Crippen LogP contribution in [0, 0.1) is 0 Å². The third-order valence-electron chi connectivity index (χ3n) is 11.0. The van der Waals surface area contributed by atoms with Crippen LogP contribution in [0.15, 0.2) is 170 Å². The highest BCUT2D eigenvalue weighted by Gasteiger charge is 2.46. The van der Waals surface area contributed by atoms with Crippen molar-refractivity contribution >= 4 is 21.5 Å². The molecule has 4 heteroatoms. The van der Waals surface area contributed by atoms with Crippen LogP contribution in [0.1, 0.15) is 35.1 Å². The highest BCUT2D eigenvalue weighted by molar-refractivity contribution is 5.94. The molecule has 0 amide bonds. The summed E-state index contributed by atoms with van der Waals surface area (Å²) in [7, 11) is 0. The van der Waals surface area contributed by atoms with Crippen molar-refractivity contribution < 1.29 is 19.7 Å². The molecule has 8 aromatic carbocycles. The lowest BCUT2D eigenvalue weighted by molar-refractivity contribution is 0.233. The minimum absolute atomic E-state index is 0.105. The fraction of sp³-hybridized carbons (Fsp3) is 0.137. The van der Waals surface area contributed by atoms with Gasteiger partial charge >= 0.3 is 0 Å². The maximum absolute atomic E-state index is 9.29. The van der Waals surface area contributed by atoms with Gasteiger partial charge in [-0.3, -0.25) is 0 Å². The molecular weight excluding hydrogens is 677 g/mol. The molecule has 0 fully saturated rings. The normalized spacial score (nSPS) is 12.8. The lowest BCUT2D eigenvalue weighted by Gasteiger charge is -2.35. The zero-order valence-electron chi connectivity index (χ0n) is 30.6. The molecular formula is C51H42O4. The van der Waals surface area contributed by atoms with Gasteiger partial charge in [0, 0.05) is 26.1 Å². The second kappa shape index (κ2) is 14.9. The number of aliphatic hydroxyl groups is 2. The molecule has 0 unspecified atom stereocenters. The van der Waals surface area contributed by atoms with Gasteiger partial charge in [0.1, 0.15) is 11.5 Å². The summed E-state index contributed by atoms with van der Waals surface area (Å²) in [6.07, 6.45) is 1.19. The van der Waals surface area contributed by atoms with Crippen LogP contribution in [0.25, 0.3) is 54.9 Å². The van der Waals surface area contributed by atoms with Gasteiger partial charge in [0.2, 0.25) is 0 Å². The monoisotopic (exact) mass is 718 g/mol. The molecule has 2 N–H and O–H groups in total. The van der Waals surface area contributed by atoms with Crippen molar-refractivity contribution in [2.24, 2.45) is 0 Å². The van der Waals surface area contributed by atoms with Crippen molar-refractivity contribution in [1.82, 2.24) is 0 Å². The van der Waals surface area contributed by atoms with Gasteiger partial charge in [-0.2, -0.15) is 0 Å². The van der Waals surface area contributed by atoms with Gasteiger partial charge in [0.25, 0.3) is 0 Å². The van der Waals surface area contributed by atoms with Crippen LogP contribution < -0.4 is 9.47 Å². The fourth-order valence-electron chi connectivity index (χ4n) is 8.34. The smallest absolute Gasteiger partial charge is 0.119 e. The van der Waals surface area contributed by atoms with Gasteiger partial charge in [-0.15, -0.1) is 0 Å². The van der Waals surface area contributed by atoms with Gasteiger partial charge in [0.05, 0.1) is 18.6 Å². The molecule has 1 aliphatic carbocycles. The summed E-state index contributed by atoms with van der Waals surface area (Å²) in [4.78, 5) is 0. The number of benzene rings is 8. The average Bonchev–Trinajstić information content (AvgIpc) is 3.54. The minimum Gasteiger partial charge on any atom is -0.493 e. The number of aliphatic hydroxyl groups excluding tert-OH is 2. The van der Waals surface area contributed by atoms with E-state index in [0.29, 0.717) is 26.1 Å². The summed E-state index contributed by atoms with van der Waals surface area (Å²) >= 11 is 0. The predicted octanol–water partition coefficient (Wildman–Crippen LogP) is 11.2. The SMILES string of the molecule is OCCCOc1ccc2cc(C3(c4ccc5cc(OCCCO)ccc5c4)c4cc(-c5ccccc5)ccc4-c4ccc(-c5ccccc5)cc43)ccc2c1. The Labute approximate surface area is 321 Å². The summed E-state index contributed by atoms with van der Waals surface area (Å²) in [5.74, 6) is 1.60. The van der Waals surface area contributed by atoms with E-state index < -0.39 is 5.41 Å². The van der Waals surface area contributed by atoms with Crippen molar-refractivity contribution in [3.8, 4) is 44.9 Å². The van der Waals surface area contributed by atoms with Gasteiger partial charge in [-0.25, -0.2) is 0 Å². The molecule has 0 heterocycles. The quantitative estimate of drug-likeness (QED) is 0.124. The first-order valence-electron chi connectivity index (χ1n) is 19.1. The molecule has 0 saturated heterocycles. The molecule has 55 heavy (non-hydrogen) atoms. The van der Waals surface area contributed by atoms with E-state index in [-0.39, 0.29) is 13.2 Å². The van der Waals surface area contributed by atoms with E-state index in [1.165, 1.54) is 55.6 Å². The molecule has 0 radical (unpaired) electrons. The highest BCUT2D eigenvalue weighted by Crippen LogP contribution is 2.58. The summed E-state index contributed by atoms with van der Waals surface area (Å²) in [5.41, 5.74) is 11.4. The molecule has 0 bridgehead atoms. The molecule has 0 spiro atoms. The maximum Gasteiger partial charge on any atom is 0.119 e. The third-order valence-corrected chi connectivity index (χ3v) is 11.0. The van der Waals surface area contributed by atoms with Crippen molar-refractivity contribution in [3.05, 3.63) is 192 Å². The number of ether oxygens (including phenoxy) is 2. The van der Waals surface area contributed by atoms with Crippen molar-refractivity contribution in [2.45, 2.75) is 18.3 Å². The van der Waals surface area contributed by atoms with Crippen LogP contribution in [0.5, 0.6) is 11.5 Å². The van der Waals surface area contributed by atoms with E-state index in [2.05, 4.69) is 158 Å². The summed E-state index contributed by atoms with van der Waals surface area (Å²) in [5, 5.41) is 23.0. The van der Waals surface area contributed by atoms with Crippen molar-refractivity contribution in [1.29, 1.82) is 0 Å². The Morgan fingerprint density at radius 1 is 0.382 bits per heavy atom. The Morgan fingerprint density at radius 3 is 1.24 bits per heavy atom. The first kappa shape index (κ1) is 34.6. The molecule has 0 saturated carbocycles. The summed E-state index contributed by atoms with van der Waals surface area (Å²) in [6.45, 7) is 1.16. The maximum atomic E-state index is 9.29. The van der Waals surface area contributed by atoms with Gasteiger partial charge in [0.15, 0.2) is 0 Å². The average molecular weight is 719 g/mol. The van der Waals surface area contributed by atoms with Crippen LogP contribution in [-0.4, -0.2) is 36.6 Å². The Balaban J connectivity index is 1.31. The zero-order chi connectivity index (χ0) is 37.2. The van der Waals surface area contributed by atoms with E-state index >= 15 is 0 Å². The van der Waals surface area contributed by atoms with E-state index in [4.69, 9.17) is 9.47 Å². The van der Waals surface area contributed by atoms with E-state index in [9.17, 15) is 10.2 Å². The predicted molar refractivity (Wildman–Crippen MR) is 224 cm³/mol. The van der Waals surface area contributed by atoms with Crippen molar-refractivity contribution in [3.63, 3.8) is 0 Å². The molecule has 9 rings (SSSR count). The highest BCUT2D eigenvalue weighted by atomic mass is 16.5. The van der Waals surface area contributed by atoms with E-state index in [1.54, 1.807) is 0 Å². The standard InChI is InChI=1S/C51H42O4/c52-25-7-27-54-45-21-15-37-29-43(19-13-39(37)31-45)51(44-20-14-40-32-46(55-28-8-26-53)22-16-38(40)30-44)49-33-41(35-9-3-1-4-10-35)17-23-47(49)48-24-18-42(34-50(48)51)36-11-5-2-6-12-36/h1-6,9-24,29-34,52-53H,7-8,25-28H2. The topological polar surface area (TPSA) is 58.9 Å². The third kappa shape index (κ3) is 6.34. The van der Waals surface area contributed by atoms with Gasteiger partial charge in [-0.1, -0.05) is 121 Å². The lowest BCUT2D eigenvalue weighted by Crippen LogP contribution is -2.28. The fourth-order valence-corrected chi connectivity index (χ4v) is 8.34. The molecule has 8 aromatic rings. The van der Waals surface area contributed by atoms with Crippen LogP contribution in [0.4, 0.5) is 0 Å². The van der Waals surface area contributed by atoms with Crippen LogP contribution in [-0.2, 0) is 5.41 Å². The first-order valence-corrected chi connectivity index (χ1v) is 19.1. The molecule has 0 aromatic heterocycles. The van der Waals surface area contributed by atoms with Crippen LogP contribution in [0.3, 0.4) is 0 Å².